The second-order valence-electron chi connectivity index (χ2n) is 8.10. The summed E-state index contributed by atoms with van der Waals surface area (Å²) in [7, 11) is 0. The summed E-state index contributed by atoms with van der Waals surface area (Å²) >= 11 is 0. The number of carbonyl (C=O) groups is 1. The lowest BCUT2D eigenvalue weighted by molar-refractivity contribution is -0.163. The van der Waals surface area contributed by atoms with Gasteiger partial charge in [-0.15, -0.1) is 0 Å². The Morgan fingerprint density at radius 1 is 1.17 bits per heavy atom. The highest BCUT2D eigenvalue weighted by Crippen LogP contribution is 2.34. The van der Waals surface area contributed by atoms with Crippen LogP contribution in [0.3, 0.4) is 0 Å². The molecule has 2 atom stereocenters. The number of hydrogen-bond acceptors (Lipinski definition) is 4. The van der Waals surface area contributed by atoms with Crippen molar-refractivity contribution < 1.29 is 31.8 Å². The van der Waals surface area contributed by atoms with Gasteiger partial charge >= 0.3 is 12.3 Å². The zero-order valence-corrected chi connectivity index (χ0v) is 16.7. The van der Waals surface area contributed by atoms with Crippen LogP contribution in [0, 0.1) is 5.82 Å². The van der Waals surface area contributed by atoms with Gasteiger partial charge in [0.1, 0.15) is 5.82 Å². The van der Waals surface area contributed by atoms with Crippen molar-refractivity contribution in [3.63, 3.8) is 0 Å². The predicted molar refractivity (Wildman–Crippen MR) is 102 cm³/mol. The molecule has 0 bridgehead atoms. The summed E-state index contributed by atoms with van der Waals surface area (Å²) in [6.07, 6.45) is -1.00. The van der Waals surface area contributed by atoms with Crippen molar-refractivity contribution in [2.75, 3.05) is 19.8 Å². The van der Waals surface area contributed by atoms with Crippen LogP contribution in [0.4, 0.5) is 22.4 Å². The lowest BCUT2D eigenvalue weighted by Gasteiger charge is -2.40. The summed E-state index contributed by atoms with van der Waals surface area (Å²) in [6.45, 7) is -1.16. The first-order valence-electron chi connectivity index (χ1n) is 10.4. The molecule has 1 aromatic rings. The minimum atomic E-state index is -4.57. The number of benzene rings is 1. The van der Waals surface area contributed by atoms with Crippen LogP contribution in [0.1, 0.15) is 50.0 Å². The fourth-order valence-corrected chi connectivity index (χ4v) is 4.31. The van der Waals surface area contributed by atoms with Gasteiger partial charge in [-0.3, -0.25) is 0 Å². The molecule has 0 aromatic heterocycles. The van der Waals surface area contributed by atoms with Crippen molar-refractivity contribution in [3.8, 4) is 0 Å². The third-order valence-corrected chi connectivity index (χ3v) is 5.92. The predicted octanol–water partition coefficient (Wildman–Crippen LogP) is 4.36. The minimum absolute atomic E-state index is 0.0167. The maximum absolute atomic E-state index is 13.4. The summed E-state index contributed by atoms with van der Waals surface area (Å²) in [5.41, 5.74) is 7.12. The van der Waals surface area contributed by atoms with E-state index in [-0.39, 0.29) is 30.5 Å². The molecule has 1 aromatic carbocycles. The number of carbonyl (C=O) groups excluding carboxylic acids is 1. The first-order chi connectivity index (χ1) is 14.2. The Hall–Kier alpha value is -1.87. The fourth-order valence-electron chi connectivity index (χ4n) is 4.31. The van der Waals surface area contributed by atoms with Crippen molar-refractivity contribution in [2.24, 2.45) is 5.73 Å². The molecule has 0 spiro atoms. The van der Waals surface area contributed by atoms with E-state index in [2.05, 4.69) is 4.74 Å². The quantitative estimate of drug-likeness (QED) is 0.703. The van der Waals surface area contributed by atoms with Gasteiger partial charge in [0.15, 0.2) is 6.61 Å². The number of alkyl halides is 3. The number of nitrogens with two attached hydrogens (primary N) is 1. The maximum Gasteiger partial charge on any atom is 0.422 e. The zero-order valence-electron chi connectivity index (χ0n) is 16.7. The normalized spacial score (nSPS) is 27.7. The van der Waals surface area contributed by atoms with E-state index in [1.807, 2.05) is 6.07 Å². The van der Waals surface area contributed by atoms with E-state index in [0.29, 0.717) is 19.4 Å². The van der Waals surface area contributed by atoms with E-state index in [1.54, 1.807) is 12.1 Å². The van der Waals surface area contributed by atoms with Gasteiger partial charge in [0, 0.05) is 12.6 Å². The molecule has 1 amide bonds. The highest BCUT2D eigenvalue weighted by molar-refractivity contribution is 5.68. The number of amides is 1. The number of likely N-dealkylation sites (tertiary alicyclic amines) is 1. The standard InChI is InChI=1S/C21H28F4N2O3/c22-16-4-1-3-15(11-16)14-6-8-17(9-7-14)29-12-19-18(26)5-2-10-27(19)20(28)30-13-21(23,24)25/h1,3-4,11,14,17-19H,2,5-10,12-13,26H2/t14-,17+,18?,19-/m0/s1. The number of ether oxygens (including phenoxy) is 2. The Bertz CT molecular complexity index is 708. The molecule has 1 heterocycles. The van der Waals surface area contributed by atoms with Crippen LogP contribution in [-0.4, -0.2) is 55.1 Å². The summed E-state index contributed by atoms with van der Waals surface area (Å²) < 4.78 is 60.9. The molecule has 0 radical (unpaired) electrons. The third-order valence-electron chi connectivity index (χ3n) is 5.92. The van der Waals surface area contributed by atoms with E-state index in [4.69, 9.17) is 10.5 Å². The number of halogens is 4. The fraction of sp³-hybridized carbons (Fsp3) is 0.667. The van der Waals surface area contributed by atoms with E-state index in [9.17, 15) is 22.4 Å². The Labute approximate surface area is 173 Å². The summed E-state index contributed by atoms with van der Waals surface area (Å²) in [4.78, 5) is 13.4. The Morgan fingerprint density at radius 2 is 1.90 bits per heavy atom. The van der Waals surface area contributed by atoms with Gasteiger partial charge in [-0.1, -0.05) is 12.1 Å². The topological polar surface area (TPSA) is 64.8 Å². The first-order valence-corrected chi connectivity index (χ1v) is 10.4. The average molecular weight is 432 g/mol. The zero-order chi connectivity index (χ0) is 21.7. The third kappa shape index (κ3) is 6.31. The molecular formula is C21H28F4N2O3. The summed E-state index contributed by atoms with van der Waals surface area (Å²) in [5.74, 6) is 0.0426. The molecule has 168 valence electrons. The second-order valence-corrected chi connectivity index (χ2v) is 8.10. The van der Waals surface area contributed by atoms with Gasteiger partial charge in [0.25, 0.3) is 0 Å². The molecule has 1 saturated carbocycles. The van der Waals surface area contributed by atoms with Gasteiger partial charge in [0.2, 0.25) is 0 Å². The largest absolute Gasteiger partial charge is 0.440 e. The van der Waals surface area contributed by atoms with Gasteiger partial charge in [0.05, 0.1) is 18.8 Å². The number of hydrogen-bond donors (Lipinski definition) is 1. The molecule has 1 aliphatic heterocycles. The molecule has 2 fully saturated rings. The van der Waals surface area contributed by atoms with E-state index >= 15 is 0 Å². The van der Waals surface area contributed by atoms with Gasteiger partial charge in [-0.05, 0) is 62.1 Å². The van der Waals surface area contributed by atoms with Crippen LogP contribution in [0.2, 0.25) is 0 Å². The van der Waals surface area contributed by atoms with Crippen LogP contribution in [0.15, 0.2) is 24.3 Å². The van der Waals surface area contributed by atoms with Gasteiger partial charge in [-0.25, -0.2) is 9.18 Å². The van der Waals surface area contributed by atoms with Crippen LogP contribution in [0.5, 0.6) is 0 Å². The lowest BCUT2D eigenvalue weighted by atomic mass is 9.82. The summed E-state index contributed by atoms with van der Waals surface area (Å²) in [6, 6.07) is 5.75. The minimum Gasteiger partial charge on any atom is -0.440 e. The van der Waals surface area contributed by atoms with E-state index in [1.165, 1.54) is 11.0 Å². The molecule has 3 rings (SSSR count). The maximum atomic E-state index is 13.4. The smallest absolute Gasteiger partial charge is 0.422 e. The monoisotopic (exact) mass is 432 g/mol. The van der Waals surface area contributed by atoms with Crippen molar-refractivity contribution in [1.29, 1.82) is 0 Å². The SMILES string of the molecule is NC1CCCN(C(=O)OCC(F)(F)F)[C@H]1CO[C@H]1CC[C@@H](c2cccc(F)c2)CC1. The Morgan fingerprint density at radius 3 is 2.57 bits per heavy atom. The molecule has 1 unspecified atom stereocenters. The highest BCUT2D eigenvalue weighted by Gasteiger charge is 2.37. The van der Waals surface area contributed by atoms with Crippen LogP contribution in [-0.2, 0) is 9.47 Å². The number of piperidine rings is 1. The lowest BCUT2D eigenvalue weighted by Crippen LogP contribution is -2.57. The van der Waals surface area contributed by atoms with E-state index < -0.39 is 24.9 Å². The van der Waals surface area contributed by atoms with Crippen LogP contribution >= 0.6 is 0 Å². The van der Waals surface area contributed by atoms with Crippen molar-refractivity contribution in [3.05, 3.63) is 35.6 Å². The van der Waals surface area contributed by atoms with Crippen molar-refractivity contribution >= 4 is 6.09 Å². The molecule has 2 aliphatic rings. The molecule has 30 heavy (non-hydrogen) atoms. The van der Waals surface area contributed by atoms with Gasteiger partial charge < -0.3 is 20.1 Å². The second kappa shape index (κ2) is 9.96. The van der Waals surface area contributed by atoms with E-state index in [0.717, 1.165) is 31.2 Å². The highest BCUT2D eigenvalue weighted by atomic mass is 19.4. The van der Waals surface area contributed by atoms with Crippen molar-refractivity contribution in [2.45, 2.75) is 68.8 Å². The molecule has 2 N–H and O–H groups in total. The Kier molecular flexibility index (Phi) is 7.57. The average Bonchev–Trinajstić information content (AvgIpc) is 2.71. The summed E-state index contributed by atoms with van der Waals surface area (Å²) in [5, 5.41) is 0. The molecule has 9 heteroatoms. The number of nitrogens with zero attached hydrogens (tertiary/aromatic N) is 1. The van der Waals surface area contributed by atoms with Crippen LogP contribution < -0.4 is 5.73 Å². The number of rotatable bonds is 5. The van der Waals surface area contributed by atoms with Gasteiger partial charge in [-0.2, -0.15) is 13.2 Å². The molecule has 1 aliphatic carbocycles. The Balaban J connectivity index is 1.50. The van der Waals surface area contributed by atoms with Crippen molar-refractivity contribution in [1.82, 2.24) is 4.90 Å². The van der Waals surface area contributed by atoms with Crippen LogP contribution in [0.25, 0.3) is 0 Å². The first kappa shape index (κ1) is 22.8. The molecule has 1 saturated heterocycles. The molecule has 5 nitrogen and oxygen atoms in total. The molecular weight excluding hydrogens is 404 g/mol.